The summed E-state index contributed by atoms with van der Waals surface area (Å²) in [6.07, 6.45) is 4.50. The van der Waals surface area contributed by atoms with Crippen molar-refractivity contribution in [3.05, 3.63) is 42.1 Å². The van der Waals surface area contributed by atoms with E-state index in [4.69, 9.17) is 0 Å². The Morgan fingerprint density at radius 3 is 2.90 bits per heavy atom. The van der Waals surface area contributed by atoms with Crippen molar-refractivity contribution in [3.63, 3.8) is 0 Å². The van der Waals surface area contributed by atoms with Crippen molar-refractivity contribution in [1.82, 2.24) is 15.5 Å². The summed E-state index contributed by atoms with van der Waals surface area (Å²) in [4.78, 5) is 12.5. The molecular formula is C16H19N3O2. The lowest BCUT2D eigenvalue weighted by Crippen LogP contribution is -2.38. The molecule has 1 aromatic heterocycles. The molecule has 0 aliphatic heterocycles. The van der Waals surface area contributed by atoms with Gasteiger partial charge in [-0.15, -0.1) is 0 Å². The summed E-state index contributed by atoms with van der Waals surface area (Å²) in [7, 11) is 0. The van der Waals surface area contributed by atoms with Crippen molar-refractivity contribution in [2.45, 2.75) is 25.3 Å². The second-order valence-corrected chi connectivity index (χ2v) is 5.48. The third-order valence-electron chi connectivity index (χ3n) is 4.16. The van der Waals surface area contributed by atoms with Gasteiger partial charge in [-0.2, -0.15) is 5.10 Å². The van der Waals surface area contributed by atoms with Crippen LogP contribution in [-0.4, -0.2) is 33.9 Å². The van der Waals surface area contributed by atoms with Crippen LogP contribution >= 0.6 is 0 Å². The maximum atomic E-state index is 12.5. The number of hydrogen-bond acceptors (Lipinski definition) is 3. The Balaban J connectivity index is 1.78. The van der Waals surface area contributed by atoms with E-state index < -0.39 is 0 Å². The van der Waals surface area contributed by atoms with Crippen molar-refractivity contribution in [3.8, 4) is 11.3 Å². The minimum atomic E-state index is -0.132. The predicted octanol–water partition coefficient (Wildman–Crippen LogP) is 1.97. The number of aliphatic hydroxyl groups excluding tert-OH is 1. The smallest absolute Gasteiger partial charge is 0.255 e. The Morgan fingerprint density at radius 1 is 1.33 bits per heavy atom. The number of amides is 1. The van der Waals surface area contributed by atoms with E-state index in [1.54, 1.807) is 6.20 Å². The number of benzene rings is 1. The fraction of sp³-hybridized carbons (Fsp3) is 0.375. The number of nitrogens with one attached hydrogen (secondary N) is 2. The molecule has 1 aliphatic rings. The molecule has 0 bridgehead atoms. The van der Waals surface area contributed by atoms with Gasteiger partial charge in [0, 0.05) is 24.1 Å². The highest BCUT2D eigenvalue weighted by Gasteiger charge is 2.29. The Bertz CT molecular complexity index is 609. The molecule has 1 aliphatic carbocycles. The Morgan fingerprint density at radius 2 is 2.14 bits per heavy atom. The molecule has 5 nitrogen and oxygen atoms in total. The van der Waals surface area contributed by atoms with Gasteiger partial charge in [0.05, 0.1) is 17.5 Å². The average Bonchev–Trinajstić information content (AvgIpc) is 3.16. The summed E-state index contributed by atoms with van der Waals surface area (Å²) in [5.41, 5.74) is 2.21. The van der Waals surface area contributed by atoms with Crippen LogP contribution in [0.4, 0.5) is 0 Å². The van der Waals surface area contributed by atoms with Crippen LogP contribution in [0.5, 0.6) is 0 Å². The highest BCUT2D eigenvalue weighted by Crippen LogP contribution is 2.26. The van der Waals surface area contributed by atoms with Gasteiger partial charge in [0.25, 0.3) is 5.91 Å². The van der Waals surface area contributed by atoms with E-state index in [0.717, 1.165) is 30.5 Å². The molecule has 21 heavy (non-hydrogen) atoms. The summed E-state index contributed by atoms with van der Waals surface area (Å²) >= 11 is 0. The molecule has 1 saturated carbocycles. The van der Waals surface area contributed by atoms with Gasteiger partial charge >= 0.3 is 0 Å². The standard InChI is InChI=1S/C16H19N3O2/c20-10-12-7-4-8-14(12)18-16(21)13-9-17-19-15(13)11-5-2-1-3-6-11/h1-3,5-6,9,12,14,20H,4,7-8,10H2,(H,17,19)(H,18,21). The van der Waals surface area contributed by atoms with Gasteiger partial charge in [0.1, 0.15) is 0 Å². The van der Waals surface area contributed by atoms with Gasteiger partial charge < -0.3 is 10.4 Å². The van der Waals surface area contributed by atoms with Crippen LogP contribution in [0.1, 0.15) is 29.6 Å². The van der Waals surface area contributed by atoms with Crippen LogP contribution in [0.15, 0.2) is 36.5 Å². The first-order chi connectivity index (χ1) is 10.3. The fourth-order valence-corrected chi connectivity index (χ4v) is 2.97. The zero-order valence-corrected chi connectivity index (χ0v) is 11.7. The molecule has 2 atom stereocenters. The number of aromatic amines is 1. The summed E-state index contributed by atoms with van der Waals surface area (Å²) < 4.78 is 0. The molecule has 2 aromatic rings. The first-order valence-corrected chi connectivity index (χ1v) is 7.30. The van der Waals surface area contributed by atoms with Crippen molar-refractivity contribution in [2.75, 3.05) is 6.61 Å². The van der Waals surface area contributed by atoms with Crippen molar-refractivity contribution in [1.29, 1.82) is 0 Å². The average molecular weight is 285 g/mol. The number of carbonyl (C=O) groups excluding carboxylic acids is 1. The Labute approximate surface area is 123 Å². The number of nitrogens with zero attached hydrogens (tertiary/aromatic N) is 1. The monoisotopic (exact) mass is 285 g/mol. The van der Waals surface area contributed by atoms with E-state index >= 15 is 0 Å². The van der Waals surface area contributed by atoms with E-state index in [2.05, 4.69) is 15.5 Å². The number of aromatic nitrogens is 2. The molecule has 0 saturated heterocycles. The molecule has 0 spiro atoms. The molecule has 5 heteroatoms. The number of hydrogen-bond donors (Lipinski definition) is 3. The summed E-state index contributed by atoms with van der Waals surface area (Å²) in [5.74, 6) is 0.0361. The predicted molar refractivity (Wildman–Crippen MR) is 79.7 cm³/mol. The van der Waals surface area contributed by atoms with E-state index in [1.807, 2.05) is 30.3 Å². The van der Waals surface area contributed by atoms with Crippen molar-refractivity contribution in [2.24, 2.45) is 5.92 Å². The van der Waals surface area contributed by atoms with Crippen molar-refractivity contribution < 1.29 is 9.90 Å². The van der Waals surface area contributed by atoms with Gasteiger partial charge in [-0.25, -0.2) is 0 Å². The van der Waals surface area contributed by atoms with Gasteiger partial charge in [-0.3, -0.25) is 9.89 Å². The molecule has 2 unspecified atom stereocenters. The normalized spacial score (nSPS) is 21.4. The quantitative estimate of drug-likeness (QED) is 0.803. The van der Waals surface area contributed by atoms with Crippen LogP contribution in [0.25, 0.3) is 11.3 Å². The van der Waals surface area contributed by atoms with Gasteiger partial charge in [0.2, 0.25) is 0 Å². The van der Waals surface area contributed by atoms with Gasteiger partial charge in [-0.05, 0) is 12.8 Å². The highest BCUT2D eigenvalue weighted by atomic mass is 16.3. The second kappa shape index (κ2) is 6.10. The lowest BCUT2D eigenvalue weighted by Gasteiger charge is -2.18. The number of carbonyl (C=O) groups is 1. The van der Waals surface area contributed by atoms with Gasteiger partial charge in [0.15, 0.2) is 0 Å². The zero-order chi connectivity index (χ0) is 14.7. The third kappa shape index (κ3) is 2.83. The lowest BCUT2D eigenvalue weighted by atomic mass is 10.0. The minimum absolute atomic E-state index is 0.0565. The van der Waals surface area contributed by atoms with E-state index in [1.165, 1.54) is 0 Å². The summed E-state index contributed by atoms with van der Waals surface area (Å²) in [6.45, 7) is 0.127. The van der Waals surface area contributed by atoms with Crippen LogP contribution in [-0.2, 0) is 0 Å². The van der Waals surface area contributed by atoms with E-state index in [0.29, 0.717) is 5.56 Å². The van der Waals surface area contributed by atoms with Gasteiger partial charge in [-0.1, -0.05) is 36.8 Å². The van der Waals surface area contributed by atoms with E-state index in [-0.39, 0.29) is 24.5 Å². The lowest BCUT2D eigenvalue weighted by molar-refractivity contribution is 0.0917. The third-order valence-corrected chi connectivity index (χ3v) is 4.16. The zero-order valence-electron chi connectivity index (χ0n) is 11.7. The topological polar surface area (TPSA) is 78.0 Å². The highest BCUT2D eigenvalue weighted by molar-refractivity contribution is 5.99. The van der Waals surface area contributed by atoms with Crippen LogP contribution in [0, 0.1) is 5.92 Å². The molecule has 1 aromatic carbocycles. The van der Waals surface area contributed by atoms with Crippen molar-refractivity contribution >= 4 is 5.91 Å². The van der Waals surface area contributed by atoms with Crippen LogP contribution in [0.3, 0.4) is 0 Å². The molecule has 3 N–H and O–H groups in total. The molecular weight excluding hydrogens is 266 g/mol. The molecule has 0 radical (unpaired) electrons. The second-order valence-electron chi connectivity index (χ2n) is 5.48. The van der Waals surface area contributed by atoms with Crippen LogP contribution in [0.2, 0.25) is 0 Å². The molecule has 110 valence electrons. The first kappa shape index (κ1) is 13.8. The number of rotatable bonds is 4. The minimum Gasteiger partial charge on any atom is -0.396 e. The van der Waals surface area contributed by atoms with Crippen LogP contribution < -0.4 is 5.32 Å². The maximum absolute atomic E-state index is 12.5. The molecule has 3 rings (SSSR count). The Hall–Kier alpha value is -2.14. The van der Waals surface area contributed by atoms with E-state index in [9.17, 15) is 9.90 Å². The fourth-order valence-electron chi connectivity index (χ4n) is 2.97. The first-order valence-electron chi connectivity index (χ1n) is 7.30. The number of H-pyrrole nitrogens is 1. The largest absolute Gasteiger partial charge is 0.396 e. The SMILES string of the molecule is O=C(NC1CCCC1CO)c1cn[nH]c1-c1ccccc1. The Kier molecular flexibility index (Phi) is 4.01. The molecule has 1 amide bonds. The summed E-state index contributed by atoms with van der Waals surface area (Å²) in [5, 5.41) is 19.3. The molecule has 1 fully saturated rings. The maximum Gasteiger partial charge on any atom is 0.255 e. The number of aliphatic hydroxyl groups is 1. The summed E-state index contributed by atoms with van der Waals surface area (Å²) in [6, 6.07) is 9.73. The molecule has 1 heterocycles.